The Morgan fingerprint density at radius 2 is 1.94 bits per heavy atom. The smallest absolute Gasteiger partial charge is 0.406 e. The number of benzene rings is 1. The Kier molecular flexibility index (Phi) is 4.96. The van der Waals surface area contributed by atoms with Crippen LogP contribution in [0.4, 0.5) is 10.5 Å². The van der Waals surface area contributed by atoms with E-state index in [9.17, 15) is 13.2 Å². The molecule has 0 atom stereocenters. The van der Waals surface area contributed by atoms with Crippen LogP contribution in [0.3, 0.4) is 0 Å². The van der Waals surface area contributed by atoms with Crippen molar-refractivity contribution in [3.05, 3.63) is 30.3 Å². The third-order valence-electron chi connectivity index (χ3n) is 2.21. The fraction of sp³-hybridized carbons (Fsp3) is 0.364. The van der Waals surface area contributed by atoms with Gasteiger partial charge in [-0.25, -0.2) is 13.2 Å². The van der Waals surface area contributed by atoms with Gasteiger partial charge in [-0.05, 0) is 12.1 Å². The van der Waals surface area contributed by atoms with Gasteiger partial charge in [-0.1, -0.05) is 18.2 Å². The third-order valence-corrected chi connectivity index (χ3v) is 3.41. The summed E-state index contributed by atoms with van der Waals surface area (Å²) in [6.07, 6.45) is 0.537. The molecule has 1 rings (SSSR count). The number of alkyl carbamates (subject to hydrolysis) is 1. The van der Waals surface area contributed by atoms with Crippen LogP contribution < -0.4 is 9.62 Å². The third kappa shape index (κ3) is 4.25. The van der Waals surface area contributed by atoms with Crippen LogP contribution in [-0.2, 0) is 14.8 Å². The minimum Gasteiger partial charge on any atom is -0.453 e. The van der Waals surface area contributed by atoms with Gasteiger partial charge in [-0.3, -0.25) is 4.31 Å². The predicted molar refractivity (Wildman–Crippen MR) is 69.0 cm³/mol. The van der Waals surface area contributed by atoms with Crippen LogP contribution in [0.2, 0.25) is 0 Å². The van der Waals surface area contributed by atoms with Gasteiger partial charge in [-0.2, -0.15) is 0 Å². The number of amides is 1. The molecule has 1 aromatic carbocycles. The number of sulfonamides is 1. The maximum Gasteiger partial charge on any atom is 0.406 e. The maximum absolute atomic E-state index is 11.7. The molecule has 1 amide bonds. The molecule has 18 heavy (non-hydrogen) atoms. The Bertz CT molecular complexity index is 487. The maximum atomic E-state index is 11.7. The van der Waals surface area contributed by atoms with Gasteiger partial charge in [0.05, 0.1) is 25.6 Å². The van der Waals surface area contributed by atoms with Crippen molar-refractivity contribution >= 4 is 21.8 Å². The normalized spacial score (nSPS) is 10.8. The Hall–Kier alpha value is -1.76. The zero-order chi connectivity index (χ0) is 13.6. The van der Waals surface area contributed by atoms with Crippen molar-refractivity contribution in [2.45, 2.75) is 0 Å². The number of hydrogen-bond donors (Lipinski definition) is 1. The van der Waals surface area contributed by atoms with E-state index < -0.39 is 16.1 Å². The van der Waals surface area contributed by atoms with Crippen LogP contribution in [0.1, 0.15) is 0 Å². The lowest BCUT2D eigenvalue weighted by molar-refractivity contribution is 0.171. The van der Waals surface area contributed by atoms with Crippen molar-refractivity contribution in [1.29, 1.82) is 0 Å². The molecule has 0 aliphatic heterocycles. The second-order valence-electron chi connectivity index (χ2n) is 3.59. The molecule has 6 nitrogen and oxygen atoms in total. The Balaban J connectivity index is 2.73. The summed E-state index contributed by atoms with van der Waals surface area (Å²) >= 11 is 0. The van der Waals surface area contributed by atoms with Crippen LogP contribution >= 0.6 is 0 Å². The van der Waals surface area contributed by atoms with Gasteiger partial charge in [0.25, 0.3) is 0 Å². The summed E-state index contributed by atoms with van der Waals surface area (Å²) < 4.78 is 28.9. The molecule has 1 N–H and O–H groups in total. The number of methoxy groups -OCH3 is 1. The van der Waals surface area contributed by atoms with Gasteiger partial charge in [0.2, 0.25) is 10.0 Å². The molecule has 1 aromatic rings. The number of carbonyl (C=O) groups is 1. The molecule has 100 valence electrons. The number of rotatable bonds is 5. The van der Waals surface area contributed by atoms with Gasteiger partial charge in [0.15, 0.2) is 0 Å². The number of carbonyl (C=O) groups excluding carboxylic acids is 1. The lowest BCUT2D eigenvalue weighted by atomic mass is 10.3. The van der Waals surface area contributed by atoms with E-state index in [0.29, 0.717) is 5.69 Å². The molecule has 0 aliphatic carbocycles. The SMILES string of the molecule is COC(=O)NCCN(c1ccccc1)S(C)(=O)=O. The highest BCUT2D eigenvalue weighted by molar-refractivity contribution is 7.92. The van der Waals surface area contributed by atoms with Crippen molar-refractivity contribution in [2.75, 3.05) is 30.8 Å². The van der Waals surface area contributed by atoms with E-state index in [1.807, 2.05) is 0 Å². The van der Waals surface area contributed by atoms with Crippen LogP contribution in [0.5, 0.6) is 0 Å². The van der Waals surface area contributed by atoms with E-state index in [2.05, 4.69) is 10.1 Å². The highest BCUT2D eigenvalue weighted by atomic mass is 32.2. The number of hydrogen-bond acceptors (Lipinski definition) is 4. The molecule has 0 unspecified atom stereocenters. The monoisotopic (exact) mass is 272 g/mol. The first kappa shape index (κ1) is 14.3. The lowest BCUT2D eigenvalue weighted by Gasteiger charge is -2.22. The Morgan fingerprint density at radius 3 is 2.44 bits per heavy atom. The van der Waals surface area contributed by atoms with E-state index >= 15 is 0 Å². The van der Waals surface area contributed by atoms with Crippen molar-refractivity contribution < 1.29 is 17.9 Å². The summed E-state index contributed by atoms with van der Waals surface area (Å²) in [5.41, 5.74) is 0.562. The molecule has 7 heteroatoms. The van der Waals surface area contributed by atoms with Crippen molar-refractivity contribution in [1.82, 2.24) is 5.32 Å². The van der Waals surface area contributed by atoms with Crippen molar-refractivity contribution in [2.24, 2.45) is 0 Å². The van der Waals surface area contributed by atoms with Crippen LogP contribution in [0, 0.1) is 0 Å². The standard InChI is InChI=1S/C11H16N2O4S/c1-17-11(14)12-8-9-13(18(2,15)16)10-6-4-3-5-7-10/h3-7H,8-9H2,1-2H3,(H,12,14). The van der Waals surface area contributed by atoms with Gasteiger partial charge in [-0.15, -0.1) is 0 Å². The summed E-state index contributed by atoms with van der Waals surface area (Å²) in [6, 6.07) is 8.69. The quantitative estimate of drug-likeness (QED) is 0.860. The Labute approximate surface area is 107 Å². The molecule has 0 spiro atoms. The summed E-state index contributed by atoms with van der Waals surface area (Å²) in [6.45, 7) is 0.326. The number of anilines is 1. The van der Waals surface area contributed by atoms with Gasteiger partial charge in [0, 0.05) is 6.54 Å². The topological polar surface area (TPSA) is 75.7 Å². The van der Waals surface area contributed by atoms with Crippen LogP contribution in [0.25, 0.3) is 0 Å². The highest BCUT2D eigenvalue weighted by Crippen LogP contribution is 2.15. The molecule has 0 saturated heterocycles. The fourth-order valence-corrected chi connectivity index (χ4v) is 2.34. The largest absolute Gasteiger partial charge is 0.453 e. The van der Waals surface area contributed by atoms with E-state index in [-0.39, 0.29) is 13.1 Å². The molecule has 0 bridgehead atoms. The number of nitrogens with one attached hydrogen (secondary N) is 1. The second kappa shape index (κ2) is 6.25. The predicted octanol–water partition coefficient (Wildman–Crippen LogP) is 0.809. The lowest BCUT2D eigenvalue weighted by Crippen LogP contribution is -2.38. The summed E-state index contributed by atoms with van der Waals surface area (Å²) in [7, 11) is -2.13. The molecule has 0 saturated carbocycles. The zero-order valence-corrected chi connectivity index (χ0v) is 11.1. The number of para-hydroxylation sites is 1. The summed E-state index contributed by atoms with van der Waals surface area (Å²) in [5, 5.41) is 2.44. The molecular formula is C11H16N2O4S. The van der Waals surface area contributed by atoms with Crippen LogP contribution in [-0.4, -0.2) is 41.0 Å². The molecular weight excluding hydrogens is 256 g/mol. The van der Waals surface area contributed by atoms with Crippen molar-refractivity contribution in [3.8, 4) is 0 Å². The van der Waals surface area contributed by atoms with Gasteiger partial charge in [0.1, 0.15) is 0 Å². The zero-order valence-electron chi connectivity index (χ0n) is 10.3. The first-order valence-corrected chi connectivity index (χ1v) is 7.14. The molecule has 0 fully saturated rings. The first-order valence-electron chi connectivity index (χ1n) is 5.29. The molecule has 0 aromatic heterocycles. The van der Waals surface area contributed by atoms with E-state index in [4.69, 9.17) is 0 Å². The average Bonchev–Trinajstić information content (AvgIpc) is 2.33. The van der Waals surface area contributed by atoms with E-state index in [0.717, 1.165) is 6.26 Å². The average molecular weight is 272 g/mol. The fourth-order valence-electron chi connectivity index (χ4n) is 1.41. The minimum absolute atomic E-state index is 0.151. The van der Waals surface area contributed by atoms with Crippen LogP contribution in [0.15, 0.2) is 30.3 Å². The number of nitrogens with zero attached hydrogens (tertiary/aromatic N) is 1. The number of ether oxygens (including phenoxy) is 1. The second-order valence-corrected chi connectivity index (χ2v) is 5.50. The Morgan fingerprint density at radius 1 is 1.33 bits per heavy atom. The van der Waals surface area contributed by atoms with Gasteiger partial charge >= 0.3 is 6.09 Å². The van der Waals surface area contributed by atoms with Gasteiger partial charge < -0.3 is 10.1 Å². The minimum atomic E-state index is -3.38. The molecule has 0 aliphatic rings. The first-order chi connectivity index (χ1) is 8.45. The highest BCUT2D eigenvalue weighted by Gasteiger charge is 2.16. The van der Waals surface area contributed by atoms with E-state index in [1.165, 1.54) is 11.4 Å². The van der Waals surface area contributed by atoms with Crippen molar-refractivity contribution in [3.63, 3.8) is 0 Å². The molecule has 0 radical (unpaired) electrons. The summed E-state index contributed by atoms with van der Waals surface area (Å²) in [5.74, 6) is 0. The summed E-state index contributed by atoms with van der Waals surface area (Å²) in [4.78, 5) is 10.9. The van der Waals surface area contributed by atoms with E-state index in [1.54, 1.807) is 30.3 Å². The molecule has 0 heterocycles.